The Hall–Kier alpha value is -3.81. The minimum absolute atomic E-state index is 0.0275. The van der Waals surface area contributed by atoms with Gasteiger partial charge in [0.05, 0.1) is 43.1 Å². The second kappa shape index (κ2) is 10.6. The molecular formula is C28H28N4O3. The first kappa shape index (κ1) is 23.0. The molecule has 0 unspecified atom stereocenters. The number of rotatable bonds is 7. The Morgan fingerprint density at radius 3 is 2.63 bits per heavy atom. The smallest absolute Gasteiger partial charge is 0.252 e. The van der Waals surface area contributed by atoms with E-state index in [0.29, 0.717) is 25.3 Å². The number of aromatic nitrogens is 2. The lowest BCUT2D eigenvalue weighted by molar-refractivity contribution is 0.0162. The number of para-hydroxylation sites is 1. The highest BCUT2D eigenvalue weighted by molar-refractivity contribution is 6.07. The van der Waals surface area contributed by atoms with Crippen molar-refractivity contribution in [2.24, 2.45) is 0 Å². The summed E-state index contributed by atoms with van der Waals surface area (Å²) in [5.41, 5.74) is 4.10. The summed E-state index contributed by atoms with van der Waals surface area (Å²) in [6.45, 7) is 3.48. The van der Waals surface area contributed by atoms with Crippen LogP contribution in [0.3, 0.4) is 0 Å². The number of pyridine rings is 2. The molecule has 1 atom stereocenters. The normalized spacial score (nSPS) is 15.0. The van der Waals surface area contributed by atoms with E-state index < -0.39 is 0 Å². The maximum atomic E-state index is 13.5. The van der Waals surface area contributed by atoms with Crippen LogP contribution < -0.4 is 10.1 Å². The van der Waals surface area contributed by atoms with Crippen molar-refractivity contribution in [2.75, 3.05) is 40.0 Å². The zero-order chi connectivity index (χ0) is 24.0. The molecule has 0 spiro atoms. The Morgan fingerprint density at radius 1 is 1.09 bits per heavy atom. The van der Waals surface area contributed by atoms with Gasteiger partial charge in [-0.1, -0.05) is 30.3 Å². The predicted molar refractivity (Wildman–Crippen MR) is 135 cm³/mol. The highest BCUT2D eigenvalue weighted by atomic mass is 16.5. The zero-order valence-corrected chi connectivity index (χ0v) is 19.7. The molecule has 1 aliphatic heterocycles. The summed E-state index contributed by atoms with van der Waals surface area (Å²) in [6.07, 6.45) is 3.49. The number of methoxy groups -OCH3 is 1. The van der Waals surface area contributed by atoms with Gasteiger partial charge in [0.1, 0.15) is 5.75 Å². The lowest BCUT2D eigenvalue weighted by Gasteiger charge is -2.35. The Morgan fingerprint density at radius 2 is 1.89 bits per heavy atom. The molecule has 0 aliphatic carbocycles. The third-order valence-electron chi connectivity index (χ3n) is 6.36. The molecule has 3 heterocycles. The third-order valence-corrected chi connectivity index (χ3v) is 6.36. The molecule has 1 amide bonds. The van der Waals surface area contributed by atoms with Gasteiger partial charge < -0.3 is 14.8 Å². The maximum absolute atomic E-state index is 13.5. The molecular weight excluding hydrogens is 440 g/mol. The van der Waals surface area contributed by atoms with Crippen LogP contribution in [0.2, 0.25) is 0 Å². The lowest BCUT2D eigenvalue weighted by atomic mass is 10.0. The fourth-order valence-corrected chi connectivity index (χ4v) is 4.48. The summed E-state index contributed by atoms with van der Waals surface area (Å²) in [6, 6.07) is 21.5. The van der Waals surface area contributed by atoms with Crippen molar-refractivity contribution in [3.05, 3.63) is 90.3 Å². The van der Waals surface area contributed by atoms with Crippen LogP contribution in [0, 0.1) is 0 Å². The van der Waals surface area contributed by atoms with Gasteiger partial charge in [0.2, 0.25) is 0 Å². The van der Waals surface area contributed by atoms with Crippen molar-refractivity contribution in [1.82, 2.24) is 20.2 Å². The van der Waals surface area contributed by atoms with E-state index in [0.717, 1.165) is 46.6 Å². The monoisotopic (exact) mass is 468 g/mol. The number of benzene rings is 2. The fourth-order valence-electron chi connectivity index (χ4n) is 4.48. The van der Waals surface area contributed by atoms with E-state index in [9.17, 15) is 4.79 Å². The summed E-state index contributed by atoms with van der Waals surface area (Å²) >= 11 is 0. The Bertz CT molecular complexity index is 1290. The van der Waals surface area contributed by atoms with Gasteiger partial charge in [0.25, 0.3) is 5.91 Å². The topological polar surface area (TPSA) is 76.6 Å². The van der Waals surface area contributed by atoms with Gasteiger partial charge in [0, 0.05) is 43.0 Å². The molecule has 178 valence electrons. The standard InChI is InChI=1S/C28H28N4O3/c1-34-22-10-8-20(9-11-22)27(32-13-15-35-16-14-32)19-30-28(33)24-17-26(21-5-4-12-29-18-21)31-25-7-3-2-6-23(24)25/h2-12,17-18,27H,13-16,19H2,1H3,(H,30,33)/t27-/m0/s1. The van der Waals surface area contributed by atoms with Crippen LogP contribution >= 0.6 is 0 Å². The summed E-state index contributed by atoms with van der Waals surface area (Å²) < 4.78 is 10.9. The number of fused-ring (bicyclic) bond motifs is 1. The molecule has 0 bridgehead atoms. The van der Waals surface area contributed by atoms with Crippen LogP contribution in [-0.2, 0) is 4.74 Å². The van der Waals surface area contributed by atoms with Gasteiger partial charge in [-0.05, 0) is 42.0 Å². The molecule has 1 aliphatic rings. The van der Waals surface area contributed by atoms with Gasteiger partial charge in [-0.3, -0.25) is 14.7 Å². The maximum Gasteiger partial charge on any atom is 0.252 e. The molecule has 1 saturated heterocycles. The molecule has 35 heavy (non-hydrogen) atoms. The van der Waals surface area contributed by atoms with E-state index in [4.69, 9.17) is 14.5 Å². The number of hydrogen-bond acceptors (Lipinski definition) is 6. The van der Waals surface area contributed by atoms with Crippen molar-refractivity contribution in [1.29, 1.82) is 0 Å². The average Bonchev–Trinajstić information content (AvgIpc) is 2.94. The summed E-state index contributed by atoms with van der Waals surface area (Å²) in [5, 5.41) is 4.02. The number of carbonyl (C=O) groups excluding carboxylic acids is 1. The number of morpholine rings is 1. The first-order chi connectivity index (χ1) is 17.2. The Balaban J connectivity index is 1.43. The van der Waals surface area contributed by atoms with E-state index in [1.54, 1.807) is 19.5 Å². The van der Waals surface area contributed by atoms with E-state index in [1.165, 1.54) is 0 Å². The zero-order valence-electron chi connectivity index (χ0n) is 19.7. The first-order valence-corrected chi connectivity index (χ1v) is 11.8. The summed E-state index contributed by atoms with van der Waals surface area (Å²) in [5.74, 6) is 0.685. The van der Waals surface area contributed by atoms with Crippen molar-refractivity contribution in [2.45, 2.75) is 6.04 Å². The third kappa shape index (κ3) is 5.16. The molecule has 1 N–H and O–H groups in total. The van der Waals surface area contributed by atoms with Crippen molar-refractivity contribution in [3.8, 4) is 17.0 Å². The molecule has 2 aromatic heterocycles. The molecule has 7 heteroatoms. The van der Waals surface area contributed by atoms with E-state index in [-0.39, 0.29) is 11.9 Å². The van der Waals surface area contributed by atoms with Crippen LogP contribution in [0.25, 0.3) is 22.2 Å². The Kier molecular flexibility index (Phi) is 6.97. The quantitative estimate of drug-likeness (QED) is 0.440. The number of nitrogens with zero attached hydrogens (tertiary/aromatic N) is 3. The molecule has 2 aromatic carbocycles. The highest BCUT2D eigenvalue weighted by Crippen LogP contribution is 2.26. The lowest BCUT2D eigenvalue weighted by Crippen LogP contribution is -2.43. The minimum Gasteiger partial charge on any atom is -0.497 e. The van der Waals surface area contributed by atoms with Crippen LogP contribution in [0.1, 0.15) is 22.0 Å². The van der Waals surface area contributed by atoms with Gasteiger partial charge >= 0.3 is 0 Å². The van der Waals surface area contributed by atoms with Gasteiger partial charge in [-0.25, -0.2) is 4.98 Å². The molecule has 5 rings (SSSR count). The number of ether oxygens (including phenoxy) is 2. The van der Waals surface area contributed by atoms with Crippen molar-refractivity contribution >= 4 is 16.8 Å². The second-order valence-electron chi connectivity index (χ2n) is 8.46. The molecule has 1 fully saturated rings. The molecule has 4 aromatic rings. The first-order valence-electron chi connectivity index (χ1n) is 11.8. The second-order valence-corrected chi connectivity index (χ2v) is 8.46. The predicted octanol–water partition coefficient (Wildman–Crippen LogP) is 4.11. The van der Waals surface area contributed by atoms with Crippen LogP contribution in [0.5, 0.6) is 5.75 Å². The van der Waals surface area contributed by atoms with Crippen LogP contribution in [0.4, 0.5) is 0 Å². The van der Waals surface area contributed by atoms with Gasteiger partial charge in [-0.15, -0.1) is 0 Å². The largest absolute Gasteiger partial charge is 0.497 e. The molecule has 0 radical (unpaired) electrons. The van der Waals surface area contributed by atoms with Crippen molar-refractivity contribution in [3.63, 3.8) is 0 Å². The Labute approximate surface area is 204 Å². The van der Waals surface area contributed by atoms with Crippen LogP contribution in [-0.4, -0.2) is 60.7 Å². The van der Waals surface area contributed by atoms with E-state index in [1.807, 2.05) is 54.6 Å². The van der Waals surface area contributed by atoms with Crippen molar-refractivity contribution < 1.29 is 14.3 Å². The van der Waals surface area contributed by atoms with Gasteiger partial charge in [-0.2, -0.15) is 0 Å². The minimum atomic E-state index is -0.125. The van der Waals surface area contributed by atoms with E-state index in [2.05, 4.69) is 27.3 Å². The highest BCUT2D eigenvalue weighted by Gasteiger charge is 2.24. The number of carbonyl (C=O) groups is 1. The SMILES string of the molecule is COc1ccc([C@H](CNC(=O)c2cc(-c3cccnc3)nc3ccccc23)N2CCOCC2)cc1. The molecule has 7 nitrogen and oxygen atoms in total. The summed E-state index contributed by atoms with van der Waals surface area (Å²) in [7, 11) is 1.66. The molecule has 0 saturated carbocycles. The number of hydrogen-bond donors (Lipinski definition) is 1. The number of amides is 1. The van der Waals surface area contributed by atoms with E-state index >= 15 is 0 Å². The average molecular weight is 469 g/mol. The fraction of sp³-hybridized carbons (Fsp3) is 0.250. The van der Waals surface area contributed by atoms with Gasteiger partial charge in [0.15, 0.2) is 0 Å². The summed E-state index contributed by atoms with van der Waals surface area (Å²) in [4.78, 5) is 24.9. The number of nitrogens with one attached hydrogen (secondary N) is 1. The van der Waals surface area contributed by atoms with Crippen LogP contribution in [0.15, 0.2) is 79.1 Å².